The summed E-state index contributed by atoms with van der Waals surface area (Å²) >= 11 is 1.56. The zero-order chi connectivity index (χ0) is 19.6. The van der Waals surface area contributed by atoms with E-state index in [4.69, 9.17) is 5.26 Å². The molecule has 1 atom stereocenters. The molecule has 0 aliphatic heterocycles. The minimum absolute atomic E-state index is 0.360. The van der Waals surface area contributed by atoms with E-state index in [0.29, 0.717) is 6.04 Å². The Morgan fingerprint density at radius 3 is 2.63 bits per heavy atom. The van der Waals surface area contributed by atoms with Crippen LogP contribution in [0, 0.1) is 23.5 Å². The van der Waals surface area contributed by atoms with E-state index in [9.17, 15) is 0 Å². The van der Waals surface area contributed by atoms with Crippen molar-refractivity contribution in [2.24, 2.45) is 0 Å². The van der Waals surface area contributed by atoms with Gasteiger partial charge in [-0.05, 0) is 54.7 Å². The lowest BCUT2D eigenvalue weighted by Gasteiger charge is -2.19. The van der Waals surface area contributed by atoms with Crippen molar-refractivity contribution in [1.29, 1.82) is 5.26 Å². The lowest BCUT2D eigenvalue weighted by Crippen LogP contribution is -2.14. The number of benzene rings is 2. The molecule has 2 aromatic rings. The van der Waals surface area contributed by atoms with Crippen LogP contribution in [-0.4, -0.2) is 12.3 Å². The van der Waals surface area contributed by atoms with Crippen molar-refractivity contribution in [3.8, 4) is 18.3 Å². The van der Waals surface area contributed by atoms with Gasteiger partial charge in [0.25, 0.3) is 0 Å². The zero-order valence-electron chi connectivity index (χ0n) is 15.8. The van der Waals surface area contributed by atoms with E-state index in [1.54, 1.807) is 11.9 Å². The maximum Gasteiger partial charge on any atom is 0.301 e. The standard InChI is InChI=1S/C22H23N3OS/c1-5-16(2)24-22-14-20(25-27-4)10-11-21(22)17(3)19-8-6-18(7-9-19)12-13-26-15-23/h6-11,14,16,24-25H,3,5H2,1-2,4H3. The van der Waals surface area contributed by atoms with E-state index < -0.39 is 0 Å². The number of anilines is 2. The number of nitriles is 1. The molecule has 5 heteroatoms. The molecule has 4 nitrogen and oxygen atoms in total. The summed E-state index contributed by atoms with van der Waals surface area (Å²) in [4.78, 5) is 0. The van der Waals surface area contributed by atoms with E-state index in [2.05, 4.69) is 65.4 Å². The topological polar surface area (TPSA) is 57.1 Å². The van der Waals surface area contributed by atoms with Crippen molar-refractivity contribution in [2.75, 3.05) is 16.3 Å². The Labute approximate surface area is 165 Å². The predicted molar refractivity (Wildman–Crippen MR) is 115 cm³/mol. The minimum atomic E-state index is 0.360. The number of hydrogen-bond acceptors (Lipinski definition) is 5. The maximum atomic E-state index is 8.35. The minimum Gasteiger partial charge on any atom is -0.382 e. The Bertz CT molecular complexity index is 888. The Morgan fingerprint density at radius 2 is 2.00 bits per heavy atom. The predicted octanol–water partition coefficient (Wildman–Crippen LogP) is 5.46. The molecule has 0 amide bonds. The first-order valence-corrected chi connectivity index (χ1v) is 9.86. The van der Waals surface area contributed by atoms with Crippen LogP contribution in [0.5, 0.6) is 0 Å². The quantitative estimate of drug-likeness (QED) is 0.381. The molecule has 0 saturated heterocycles. The molecule has 0 heterocycles. The fraction of sp³-hybridized carbons (Fsp3) is 0.227. The van der Waals surface area contributed by atoms with Crippen LogP contribution in [0.2, 0.25) is 0 Å². The van der Waals surface area contributed by atoms with E-state index in [-0.39, 0.29) is 0 Å². The lowest BCUT2D eigenvalue weighted by molar-refractivity contribution is 0.467. The molecular weight excluding hydrogens is 354 g/mol. The second-order valence-corrected chi connectivity index (χ2v) is 6.61. The summed E-state index contributed by atoms with van der Waals surface area (Å²) in [5.74, 6) is 2.77. The zero-order valence-corrected chi connectivity index (χ0v) is 16.6. The molecule has 2 rings (SSSR count). The van der Waals surface area contributed by atoms with Gasteiger partial charge in [0, 0.05) is 34.8 Å². The highest BCUT2D eigenvalue weighted by molar-refractivity contribution is 7.99. The van der Waals surface area contributed by atoms with Gasteiger partial charge in [-0.25, -0.2) is 0 Å². The second kappa shape index (κ2) is 10.2. The van der Waals surface area contributed by atoms with Crippen LogP contribution >= 0.6 is 11.9 Å². The van der Waals surface area contributed by atoms with Gasteiger partial charge in [0.05, 0.1) is 0 Å². The number of nitrogens with one attached hydrogen (secondary N) is 2. The molecule has 0 aliphatic rings. The largest absolute Gasteiger partial charge is 0.382 e. The number of rotatable bonds is 7. The van der Waals surface area contributed by atoms with Crippen molar-refractivity contribution in [3.63, 3.8) is 0 Å². The van der Waals surface area contributed by atoms with E-state index in [0.717, 1.165) is 40.1 Å². The number of hydrogen-bond donors (Lipinski definition) is 2. The third-order valence-corrected chi connectivity index (χ3v) is 4.54. The van der Waals surface area contributed by atoms with Gasteiger partial charge in [0.15, 0.2) is 0 Å². The van der Waals surface area contributed by atoms with Gasteiger partial charge in [-0.1, -0.05) is 43.6 Å². The number of ether oxygens (including phenoxy) is 1. The fourth-order valence-corrected chi connectivity index (χ4v) is 2.86. The molecule has 138 valence electrons. The highest BCUT2D eigenvalue weighted by Gasteiger charge is 2.11. The highest BCUT2D eigenvalue weighted by Crippen LogP contribution is 2.32. The molecule has 0 aliphatic carbocycles. The van der Waals surface area contributed by atoms with E-state index >= 15 is 0 Å². The summed E-state index contributed by atoms with van der Waals surface area (Å²) in [6.07, 6.45) is 6.90. The summed E-state index contributed by atoms with van der Waals surface area (Å²) in [5.41, 5.74) is 5.89. The van der Waals surface area contributed by atoms with Crippen molar-refractivity contribution >= 4 is 28.9 Å². The third-order valence-electron chi connectivity index (χ3n) is 4.10. The summed E-state index contributed by atoms with van der Waals surface area (Å²) in [6.45, 7) is 8.62. The van der Waals surface area contributed by atoms with Crippen molar-refractivity contribution in [1.82, 2.24) is 0 Å². The van der Waals surface area contributed by atoms with Crippen LogP contribution in [0.1, 0.15) is 37.0 Å². The van der Waals surface area contributed by atoms with Crippen molar-refractivity contribution in [3.05, 3.63) is 65.7 Å². The fourth-order valence-electron chi connectivity index (χ4n) is 2.49. The Hall–Kier alpha value is -3.02. The Morgan fingerprint density at radius 1 is 1.26 bits per heavy atom. The van der Waals surface area contributed by atoms with Gasteiger partial charge in [-0.3, -0.25) is 0 Å². The second-order valence-electron chi connectivity index (χ2n) is 6.00. The summed E-state index contributed by atoms with van der Waals surface area (Å²) in [7, 11) is 0. The Balaban J connectivity index is 2.31. The van der Waals surface area contributed by atoms with E-state index in [1.165, 1.54) is 6.26 Å². The van der Waals surface area contributed by atoms with Gasteiger partial charge >= 0.3 is 6.26 Å². The van der Waals surface area contributed by atoms with Crippen molar-refractivity contribution in [2.45, 2.75) is 26.3 Å². The van der Waals surface area contributed by atoms with Crippen LogP contribution in [0.15, 0.2) is 49.0 Å². The summed E-state index contributed by atoms with van der Waals surface area (Å²) < 4.78 is 7.66. The first kappa shape index (κ1) is 20.3. The average Bonchev–Trinajstić information content (AvgIpc) is 2.68. The molecule has 0 aromatic heterocycles. The lowest BCUT2D eigenvalue weighted by atomic mass is 9.96. The molecule has 0 spiro atoms. The van der Waals surface area contributed by atoms with Crippen LogP contribution in [0.4, 0.5) is 11.4 Å². The Kier molecular flexibility index (Phi) is 7.67. The normalized spacial score (nSPS) is 10.7. The molecule has 0 fully saturated rings. The molecule has 1 unspecified atom stereocenters. The molecule has 0 saturated carbocycles. The SMILES string of the molecule is C=C(c1ccc(C#COC#N)cc1)c1ccc(NSC)cc1NC(C)CC. The molecule has 27 heavy (non-hydrogen) atoms. The summed E-state index contributed by atoms with van der Waals surface area (Å²) in [5, 5.41) is 11.9. The third kappa shape index (κ3) is 5.74. The monoisotopic (exact) mass is 377 g/mol. The van der Waals surface area contributed by atoms with Crippen LogP contribution < -0.4 is 10.0 Å². The van der Waals surface area contributed by atoms with Crippen molar-refractivity contribution < 1.29 is 4.74 Å². The van der Waals surface area contributed by atoms with Gasteiger partial charge in [-0.15, -0.1) is 5.26 Å². The summed E-state index contributed by atoms with van der Waals surface area (Å²) in [6, 6.07) is 14.3. The van der Waals surface area contributed by atoms with Gasteiger partial charge in [0.1, 0.15) is 6.11 Å². The smallest absolute Gasteiger partial charge is 0.301 e. The van der Waals surface area contributed by atoms with Gasteiger partial charge < -0.3 is 14.8 Å². The van der Waals surface area contributed by atoms with Gasteiger partial charge in [-0.2, -0.15) is 0 Å². The molecule has 0 bridgehead atoms. The average molecular weight is 378 g/mol. The first-order chi connectivity index (χ1) is 13.1. The maximum absolute atomic E-state index is 8.35. The van der Waals surface area contributed by atoms with Gasteiger partial charge in [0.2, 0.25) is 0 Å². The van der Waals surface area contributed by atoms with E-state index in [1.807, 2.05) is 30.5 Å². The van der Waals surface area contributed by atoms with Crippen LogP contribution in [-0.2, 0) is 4.74 Å². The van der Waals surface area contributed by atoms with Crippen LogP contribution in [0.25, 0.3) is 5.57 Å². The molecular formula is C22H23N3OS. The van der Waals surface area contributed by atoms with Crippen LogP contribution in [0.3, 0.4) is 0 Å². The molecule has 2 aromatic carbocycles. The molecule has 2 N–H and O–H groups in total. The first-order valence-electron chi connectivity index (χ1n) is 8.64. The molecule has 0 radical (unpaired) electrons. The number of nitrogens with zero attached hydrogens (tertiary/aromatic N) is 1. The highest BCUT2D eigenvalue weighted by atomic mass is 32.2.